The molecule has 0 amide bonds. The van der Waals surface area contributed by atoms with Crippen molar-refractivity contribution in [2.24, 2.45) is 35.0 Å². The third kappa shape index (κ3) is 8.83. The number of carboxylic acid groups (broad SMARTS) is 1. The summed E-state index contributed by atoms with van der Waals surface area (Å²) in [7, 11) is 0. The van der Waals surface area contributed by atoms with Crippen LogP contribution in [0.2, 0.25) is 5.02 Å². The number of hydrogen-bond donors (Lipinski definition) is 5. The fourth-order valence-electron chi connectivity index (χ4n) is 11.5. The molecule has 360 valence electrons. The number of hydrogen-bond acceptors (Lipinski definition) is 15. The van der Waals surface area contributed by atoms with E-state index in [4.69, 9.17) is 44.8 Å². The van der Waals surface area contributed by atoms with Crippen molar-refractivity contribution in [3.8, 4) is 5.75 Å². The van der Waals surface area contributed by atoms with Crippen LogP contribution in [0.5, 0.6) is 5.75 Å². The molecule has 16 nitrogen and oxygen atoms in total. The topological polar surface area (TPSA) is 234 Å². The Balaban J connectivity index is 0.954. The van der Waals surface area contributed by atoms with Crippen LogP contribution in [-0.2, 0) is 47.5 Å². The average molecular weight is 941 g/mol. The van der Waals surface area contributed by atoms with Gasteiger partial charge in [0.1, 0.15) is 29.6 Å². The molecule has 66 heavy (non-hydrogen) atoms. The Labute approximate surface area is 388 Å². The van der Waals surface area contributed by atoms with E-state index in [2.05, 4.69) is 6.08 Å². The number of allylic oxidation sites excluding steroid dienone is 2. The molecule has 4 heterocycles. The molecule has 2 saturated heterocycles. The number of phenolic OH excluding ortho intramolecular Hbond substituents is 1. The molecular formula is C49H61ClO16. The summed E-state index contributed by atoms with van der Waals surface area (Å²) in [5, 5.41) is 54.7. The zero-order chi connectivity index (χ0) is 47.4. The number of aromatic hydroxyl groups is 1. The van der Waals surface area contributed by atoms with E-state index in [1.165, 1.54) is 18.2 Å². The number of phenols is 1. The van der Waals surface area contributed by atoms with Gasteiger partial charge in [0.15, 0.2) is 23.9 Å². The minimum atomic E-state index is -1.62. The van der Waals surface area contributed by atoms with Crippen molar-refractivity contribution < 1.29 is 77.9 Å². The number of carbonyl (C=O) groups excluding carboxylic acids is 3. The number of halogens is 1. The van der Waals surface area contributed by atoms with Gasteiger partial charge >= 0.3 is 23.9 Å². The van der Waals surface area contributed by atoms with E-state index >= 15 is 0 Å². The van der Waals surface area contributed by atoms with Crippen molar-refractivity contribution >= 4 is 35.5 Å². The molecule has 3 aliphatic carbocycles. The second kappa shape index (κ2) is 19.0. The van der Waals surface area contributed by atoms with Gasteiger partial charge in [-0.15, -0.1) is 0 Å². The summed E-state index contributed by atoms with van der Waals surface area (Å²) in [5.74, 6) is -7.22. The van der Waals surface area contributed by atoms with E-state index in [1.54, 1.807) is 33.8 Å². The summed E-state index contributed by atoms with van der Waals surface area (Å²) >= 11 is 6.19. The van der Waals surface area contributed by atoms with Gasteiger partial charge in [0.05, 0.1) is 29.8 Å². The molecule has 1 aromatic rings. The molecule has 1 aromatic carbocycles. The normalized spacial score (nSPS) is 40.9. The largest absolute Gasteiger partial charge is 0.507 e. The summed E-state index contributed by atoms with van der Waals surface area (Å²) in [4.78, 5) is 53.6. The minimum Gasteiger partial charge on any atom is -0.507 e. The van der Waals surface area contributed by atoms with Gasteiger partial charge in [0.2, 0.25) is 0 Å². The van der Waals surface area contributed by atoms with Crippen LogP contribution in [0.4, 0.5) is 0 Å². The summed E-state index contributed by atoms with van der Waals surface area (Å²) in [6.45, 7) is 8.47. The van der Waals surface area contributed by atoms with Crippen molar-refractivity contribution in [1.82, 2.24) is 0 Å². The predicted molar refractivity (Wildman–Crippen MR) is 233 cm³/mol. The van der Waals surface area contributed by atoms with Crippen LogP contribution >= 0.6 is 11.6 Å². The Morgan fingerprint density at radius 1 is 0.894 bits per heavy atom. The van der Waals surface area contributed by atoms with E-state index in [0.29, 0.717) is 37.7 Å². The second-order valence-corrected chi connectivity index (χ2v) is 19.8. The third-order valence-corrected chi connectivity index (χ3v) is 15.7. The van der Waals surface area contributed by atoms with E-state index in [9.17, 15) is 44.7 Å². The first-order valence-corrected chi connectivity index (χ1v) is 23.6. The Morgan fingerprint density at radius 3 is 2.38 bits per heavy atom. The lowest BCUT2D eigenvalue weighted by atomic mass is 9.55. The van der Waals surface area contributed by atoms with Gasteiger partial charge in [-0.25, -0.2) is 14.4 Å². The number of rotatable bonds is 7. The first kappa shape index (κ1) is 48.2. The fourth-order valence-corrected chi connectivity index (χ4v) is 11.7. The molecule has 8 rings (SSSR count). The maximum absolute atomic E-state index is 14.7. The molecule has 1 saturated carbocycles. The van der Waals surface area contributed by atoms with Gasteiger partial charge in [-0.3, -0.25) is 4.79 Å². The molecule has 1 spiro atoms. The van der Waals surface area contributed by atoms with Crippen LogP contribution in [-0.4, -0.2) is 110 Å². The minimum absolute atomic E-state index is 0.0120. The number of carboxylic acids is 1. The lowest BCUT2D eigenvalue weighted by Gasteiger charge is -2.51. The highest BCUT2D eigenvalue weighted by Crippen LogP contribution is 2.55. The zero-order valence-electron chi connectivity index (χ0n) is 37.8. The van der Waals surface area contributed by atoms with Gasteiger partial charge < -0.3 is 58.7 Å². The van der Waals surface area contributed by atoms with E-state index < -0.39 is 114 Å². The molecule has 17 heteroatoms. The molecular weight excluding hydrogens is 880 g/mol. The number of aliphatic hydroxyl groups is 3. The Morgan fingerprint density at radius 2 is 1.64 bits per heavy atom. The highest BCUT2D eigenvalue weighted by Gasteiger charge is 2.60. The van der Waals surface area contributed by atoms with E-state index in [-0.39, 0.29) is 58.9 Å². The van der Waals surface area contributed by atoms with Gasteiger partial charge in [-0.2, -0.15) is 0 Å². The van der Waals surface area contributed by atoms with Crippen molar-refractivity contribution in [3.05, 3.63) is 75.8 Å². The maximum Gasteiger partial charge on any atom is 0.379 e. The van der Waals surface area contributed by atoms with Gasteiger partial charge in [-0.05, 0) is 95.2 Å². The lowest BCUT2D eigenvalue weighted by molar-refractivity contribution is -0.318. The highest BCUT2D eigenvalue weighted by molar-refractivity contribution is 6.32. The summed E-state index contributed by atoms with van der Waals surface area (Å²) in [6, 6.07) is 2.75. The van der Waals surface area contributed by atoms with Gasteiger partial charge in [0.25, 0.3) is 5.76 Å². The van der Waals surface area contributed by atoms with Crippen LogP contribution < -0.4 is 0 Å². The van der Waals surface area contributed by atoms with Crippen molar-refractivity contribution in [1.29, 1.82) is 0 Å². The molecule has 3 fully saturated rings. The smallest absolute Gasteiger partial charge is 0.379 e. The van der Waals surface area contributed by atoms with Crippen LogP contribution in [0.3, 0.4) is 0 Å². The van der Waals surface area contributed by atoms with Crippen LogP contribution in [0.15, 0.2) is 59.6 Å². The van der Waals surface area contributed by atoms with Gasteiger partial charge in [0, 0.05) is 41.7 Å². The maximum atomic E-state index is 14.7. The highest BCUT2D eigenvalue weighted by atomic mass is 35.5. The Bertz CT molecular complexity index is 2190. The Hall–Kier alpha value is -4.29. The van der Waals surface area contributed by atoms with Gasteiger partial charge in [-0.1, -0.05) is 61.7 Å². The quantitative estimate of drug-likeness (QED) is 0.109. The number of aliphatic carboxylic acids is 1. The molecule has 5 N–H and O–H groups in total. The van der Waals surface area contributed by atoms with E-state index in [0.717, 1.165) is 12.8 Å². The Kier molecular flexibility index (Phi) is 13.9. The molecule has 16 atom stereocenters. The zero-order valence-corrected chi connectivity index (χ0v) is 38.6. The first-order valence-electron chi connectivity index (χ1n) is 23.2. The number of fused-ring (bicyclic) bond motifs is 3. The first-order chi connectivity index (χ1) is 31.3. The number of ether oxygens (including phenoxy) is 7. The third-order valence-electron chi connectivity index (χ3n) is 15.2. The lowest BCUT2D eigenvalue weighted by Crippen LogP contribution is -2.56. The number of carbonyl (C=O) groups is 4. The van der Waals surface area contributed by atoms with Crippen LogP contribution in [0, 0.1) is 41.9 Å². The van der Waals surface area contributed by atoms with Crippen LogP contribution in [0.1, 0.15) is 108 Å². The molecule has 8 unspecified atom stereocenters. The predicted octanol–water partition coefficient (Wildman–Crippen LogP) is 6.66. The monoisotopic (exact) mass is 940 g/mol. The number of aliphatic hydroxyl groups excluding tert-OH is 3. The summed E-state index contributed by atoms with van der Waals surface area (Å²) in [5.41, 5.74) is -2.41. The van der Waals surface area contributed by atoms with Crippen molar-refractivity contribution in [2.75, 3.05) is 0 Å². The standard InChI is InChI=1S/C49H61ClO16/c1-23-22-49-28(19-30(23)44(55)56)12-9-7-6-8-11-27-15-16-29-31(48(27,5)47(59)65-42(43(49)54)46(58)66-49)13-10-14-35(29)62-37-20-34(52)41(26(4)61-37)64-38-21-36(40(53)25(3)60-38)63-45(57)39-24(2)32(50)17-18-33(39)51/h9,12,15-19,23,25-29,31,34-38,40-41,51-54H,6-8,10-11,13-14,20-22H2,1-5H3,(H,55,56)/b12-9+/t23-,25?,26?,27-,28-,29+,31-,34?,35+,36?,37?,38?,40?,41?,48-,49+/m1/s1. The summed E-state index contributed by atoms with van der Waals surface area (Å²) in [6.07, 6.45) is 6.18. The summed E-state index contributed by atoms with van der Waals surface area (Å²) < 4.78 is 42.8. The molecule has 7 aliphatic rings. The van der Waals surface area contributed by atoms with Crippen molar-refractivity contribution in [3.63, 3.8) is 0 Å². The van der Waals surface area contributed by atoms with E-state index in [1.807, 2.05) is 19.1 Å². The second-order valence-electron chi connectivity index (χ2n) is 19.4. The van der Waals surface area contributed by atoms with Crippen LogP contribution in [0.25, 0.3) is 0 Å². The molecule has 0 radical (unpaired) electrons. The molecule has 2 bridgehead atoms. The van der Waals surface area contributed by atoms with Crippen molar-refractivity contribution in [2.45, 2.75) is 160 Å². The fraction of sp³-hybridized carbons (Fsp3) is 0.633. The number of benzene rings is 1. The number of esters is 3. The molecule has 0 aromatic heterocycles. The SMILES string of the molecule is Cc1c(Cl)ccc(O)c1C(=O)OC1CC(OC2C(O)CC(O[C@H]3CCC[C@@H]4[C@@H]3C=C[C@H]3CCCC/C=C/[C@@H]5C=C(C(=O)O)[C@H](C)C[C@]56OC(=O)C(=C6O)OC(=O)[C@@]43C)OC2C)OC(C)C1O. The average Bonchev–Trinajstić information content (AvgIpc) is 3.48. The molecule has 4 aliphatic heterocycles.